The Bertz CT molecular complexity index is 150. The van der Waals surface area contributed by atoms with Gasteiger partial charge in [-0.1, -0.05) is 0 Å². The van der Waals surface area contributed by atoms with Crippen LogP contribution in [0.3, 0.4) is 0 Å². The van der Waals surface area contributed by atoms with Gasteiger partial charge in [-0.05, 0) is 12.8 Å². The van der Waals surface area contributed by atoms with Crippen molar-refractivity contribution >= 4 is 12.1 Å². The number of esters is 1. The molecule has 9 heavy (non-hydrogen) atoms. The van der Waals surface area contributed by atoms with Crippen LogP contribution < -0.4 is 5.73 Å². The first kappa shape index (κ1) is 6.07. The maximum atomic E-state index is 10.5. The summed E-state index contributed by atoms with van der Waals surface area (Å²) in [5, 5.41) is 0. The van der Waals surface area contributed by atoms with E-state index in [1.807, 2.05) is 0 Å². The second kappa shape index (κ2) is 2.05. The first-order valence-electron chi connectivity index (χ1n) is 2.71. The van der Waals surface area contributed by atoms with E-state index in [1.54, 1.807) is 0 Å². The summed E-state index contributed by atoms with van der Waals surface area (Å²) in [7, 11) is 0. The van der Waals surface area contributed by atoms with Crippen molar-refractivity contribution in [2.24, 2.45) is 11.7 Å². The van der Waals surface area contributed by atoms with Crippen molar-refractivity contribution in [1.82, 2.24) is 0 Å². The van der Waals surface area contributed by atoms with Crippen LogP contribution in [0.5, 0.6) is 0 Å². The lowest BCUT2D eigenvalue weighted by atomic mass is 10.4. The standard InChI is InChI=1S/C5H7NO3/c6-5(8)9-4(7)3-1-2-3/h3H,1-2H2,(H2,6,8). The topological polar surface area (TPSA) is 69.4 Å². The van der Waals surface area contributed by atoms with E-state index < -0.39 is 12.1 Å². The maximum Gasteiger partial charge on any atom is 0.412 e. The molecule has 0 radical (unpaired) electrons. The molecule has 1 saturated carbocycles. The van der Waals surface area contributed by atoms with Crippen LogP contribution in [-0.2, 0) is 9.53 Å². The molecule has 4 nitrogen and oxygen atoms in total. The van der Waals surface area contributed by atoms with Gasteiger partial charge in [-0.15, -0.1) is 0 Å². The summed E-state index contributed by atoms with van der Waals surface area (Å²) in [4.78, 5) is 20.4. The number of carbonyl (C=O) groups excluding carboxylic acids is 2. The second-order valence-electron chi connectivity index (χ2n) is 2.01. The summed E-state index contributed by atoms with van der Waals surface area (Å²) in [5.41, 5.74) is 4.58. The zero-order valence-corrected chi connectivity index (χ0v) is 4.79. The lowest BCUT2D eigenvalue weighted by Gasteiger charge is -1.93. The minimum absolute atomic E-state index is 0.0579. The summed E-state index contributed by atoms with van der Waals surface area (Å²) < 4.78 is 4.07. The van der Waals surface area contributed by atoms with Gasteiger partial charge in [0, 0.05) is 0 Å². The molecular formula is C5H7NO3. The molecule has 0 atom stereocenters. The number of primary amides is 1. The van der Waals surface area contributed by atoms with Crippen molar-refractivity contribution in [3.63, 3.8) is 0 Å². The molecule has 0 bridgehead atoms. The van der Waals surface area contributed by atoms with Crippen molar-refractivity contribution in [3.8, 4) is 0 Å². The first-order valence-corrected chi connectivity index (χ1v) is 2.71. The minimum Gasteiger partial charge on any atom is -0.376 e. The van der Waals surface area contributed by atoms with Crippen LogP contribution in [0, 0.1) is 5.92 Å². The first-order chi connectivity index (χ1) is 4.20. The molecule has 0 aromatic rings. The van der Waals surface area contributed by atoms with Gasteiger partial charge in [0.25, 0.3) is 0 Å². The van der Waals surface area contributed by atoms with Gasteiger partial charge in [-0.2, -0.15) is 0 Å². The Labute approximate surface area is 52.0 Å². The van der Waals surface area contributed by atoms with E-state index in [1.165, 1.54) is 0 Å². The number of rotatable bonds is 1. The Kier molecular flexibility index (Phi) is 1.38. The lowest BCUT2D eigenvalue weighted by molar-refractivity contribution is -0.138. The smallest absolute Gasteiger partial charge is 0.376 e. The average molecular weight is 129 g/mol. The maximum absolute atomic E-state index is 10.5. The summed E-state index contributed by atoms with van der Waals surface area (Å²) in [5.74, 6) is -0.542. The molecule has 1 amide bonds. The van der Waals surface area contributed by atoms with Crippen LogP contribution in [0.2, 0.25) is 0 Å². The van der Waals surface area contributed by atoms with Gasteiger partial charge in [-0.25, -0.2) is 4.79 Å². The van der Waals surface area contributed by atoms with Gasteiger partial charge in [0.2, 0.25) is 0 Å². The SMILES string of the molecule is NC(=O)OC(=O)C1CC1. The molecule has 1 fully saturated rings. The lowest BCUT2D eigenvalue weighted by Crippen LogP contribution is -2.19. The van der Waals surface area contributed by atoms with E-state index in [0.29, 0.717) is 0 Å². The highest BCUT2D eigenvalue weighted by molar-refractivity contribution is 5.86. The van der Waals surface area contributed by atoms with Gasteiger partial charge in [0.15, 0.2) is 0 Å². The quantitative estimate of drug-likeness (QED) is 0.400. The highest BCUT2D eigenvalue weighted by Gasteiger charge is 2.32. The molecule has 0 aromatic carbocycles. The summed E-state index contributed by atoms with van der Waals surface area (Å²) in [6, 6.07) is 0. The van der Waals surface area contributed by atoms with E-state index in [4.69, 9.17) is 0 Å². The van der Waals surface area contributed by atoms with Gasteiger partial charge in [0.05, 0.1) is 5.92 Å². The van der Waals surface area contributed by atoms with Crippen LogP contribution in [-0.4, -0.2) is 12.1 Å². The van der Waals surface area contributed by atoms with Crippen molar-refractivity contribution in [2.45, 2.75) is 12.8 Å². The van der Waals surface area contributed by atoms with E-state index in [2.05, 4.69) is 10.5 Å². The fourth-order valence-electron chi connectivity index (χ4n) is 0.502. The molecule has 0 aliphatic heterocycles. The monoisotopic (exact) mass is 129 g/mol. The van der Waals surface area contributed by atoms with Crippen molar-refractivity contribution in [1.29, 1.82) is 0 Å². The third-order valence-electron chi connectivity index (χ3n) is 1.11. The molecule has 1 aliphatic carbocycles. The average Bonchev–Trinajstić information content (AvgIpc) is 2.40. The zero-order valence-electron chi connectivity index (χ0n) is 4.79. The Hall–Kier alpha value is -1.06. The van der Waals surface area contributed by atoms with E-state index in [9.17, 15) is 9.59 Å². The molecule has 50 valence electrons. The molecule has 0 aromatic heterocycles. The molecular weight excluding hydrogens is 122 g/mol. The molecule has 0 saturated heterocycles. The number of amides is 1. The fraction of sp³-hybridized carbons (Fsp3) is 0.600. The predicted octanol–water partition coefficient (Wildman–Crippen LogP) is 0.0183. The Morgan fingerprint density at radius 2 is 2.00 bits per heavy atom. The highest BCUT2D eigenvalue weighted by atomic mass is 16.6. The van der Waals surface area contributed by atoms with Crippen LogP contribution >= 0.6 is 0 Å². The van der Waals surface area contributed by atoms with Gasteiger partial charge in [-0.3, -0.25) is 4.79 Å². The van der Waals surface area contributed by atoms with Crippen LogP contribution in [0.25, 0.3) is 0 Å². The van der Waals surface area contributed by atoms with Gasteiger partial charge >= 0.3 is 12.1 Å². The molecule has 0 unspecified atom stereocenters. The number of hydrogen-bond acceptors (Lipinski definition) is 3. The number of ether oxygens (including phenoxy) is 1. The normalized spacial score (nSPS) is 16.9. The van der Waals surface area contributed by atoms with E-state index in [-0.39, 0.29) is 5.92 Å². The fourth-order valence-corrected chi connectivity index (χ4v) is 0.502. The molecule has 0 spiro atoms. The molecule has 0 heterocycles. The van der Waals surface area contributed by atoms with Crippen molar-refractivity contribution < 1.29 is 14.3 Å². The minimum atomic E-state index is -1.01. The van der Waals surface area contributed by atoms with Crippen molar-refractivity contribution in [2.75, 3.05) is 0 Å². The molecule has 4 heteroatoms. The van der Waals surface area contributed by atoms with Crippen LogP contribution in [0.1, 0.15) is 12.8 Å². The molecule has 2 N–H and O–H groups in total. The van der Waals surface area contributed by atoms with Gasteiger partial charge < -0.3 is 10.5 Å². The highest BCUT2D eigenvalue weighted by Crippen LogP contribution is 2.29. The number of carbonyl (C=O) groups is 2. The van der Waals surface area contributed by atoms with Crippen molar-refractivity contribution in [3.05, 3.63) is 0 Å². The third kappa shape index (κ3) is 1.71. The van der Waals surface area contributed by atoms with Gasteiger partial charge in [0.1, 0.15) is 0 Å². The summed E-state index contributed by atoms with van der Waals surface area (Å²) in [6.45, 7) is 0. The largest absolute Gasteiger partial charge is 0.412 e. The van der Waals surface area contributed by atoms with E-state index in [0.717, 1.165) is 12.8 Å². The van der Waals surface area contributed by atoms with E-state index >= 15 is 0 Å². The predicted molar refractivity (Wildman–Crippen MR) is 28.4 cm³/mol. The third-order valence-corrected chi connectivity index (χ3v) is 1.11. The number of hydrogen-bond donors (Lipinski definition) is 1. The molecule has 1 rings (SSSR count). The summed E-state index contributed by atoms with van der Waals surface area (Å²) in [6.07, 6.45) is 0.644. The zero-order chi connectivity index (χ0) is 6.85. The Morgan fingerprint density at radius 1 is 1.44 bits per heavy atom. The Morgan fingerprint density at radius 3 is 2.33 bits per heavy atom. The molecule has 1 aliphatic rings. The second-order valence-corrected chi connectivity index (χ2v) is 2.01. The Balaban J connectivity index is 2.26. The number of nitrogens with two attached hydrogens (primary N) is 1. The summed E-state index contributed by atoms with van der Waals surface area (Å²) >= 11 is 0. The van der Waals surface area contributed by atoms with Crippen LogP contribution in [0.15, 0.2) is 0 Å². The van der Waals surface area contributed by atoms with Crippen LogP contribution in [0.4, 0.5) is 4.79 Å².